The van der Waals surface area contributed by atoms with Gasteiger partial charge in [-0.05, 0) is 66.6 Å². The molecule has 0 aliphatic carbocycles. The Bertz CT molecular complexity index is 4810. The van der Waals surface area contributed by atoms with Gasteiger partial charge in [0.15, 0.2) is 0 Å². The maximum atomic E-state index is 9.04. The predicted octanol–water partition coefficient (Wildman–Crippen LogP) is 14.2. The third kappa shape index (κ3) is 3.34. The summed E-state index contributed by atoms with van der Waals surface area (Å²) in [7, 11) is 0. The maximum Gasteiger partial charge on any atom is 0.0645 e. The summed E-state index contributed by atoms with van der Waals surface area (Å²) in [6.45, 7) is 0. The van der Waals surface area contributed by atoms with Crippen LogP contribution in [-0.2, 0) is 0 Å². The Hall–Kier alpha value is -7.82. The molecular weight excluding hydrogens is 705 g/mol. The van der Waals surface area contributed by atoms with E-state index in [4.69, 9.17) is 13.7 Å². The minimum atomic E-state index is -0.436. The second-order valence-electron chi connectivity index (χ2n) is 15.4. The van der Waals surface area contributed by atoms with Crippen LogP contribution in [0.3, 0.4) is 0 Å². The summed E-state index contributed by atoms with van der Waals surface area (Å²) in [6.07, 6.45) is 0. The molecule has 0 saturated heterocycles. The fraction of sp³-hybridized carbons (Fsp3) is 0. The maximum absolute atomic E-state index is 9.04. The Balaban J connectivity index is 1.10. The lowest BCUT2D eigenvalue weighted by Gasteiger charge is -2.08. The molecule has 58 heavy (non-hydrogen) atoms. The van der Waals surface area contributed by atoms with Crippen molar-refractivity contribution in [1.82, 2.24) is 17.9 Å². The normalized spacial score (nSPS) is 15.2. The summed E-state index contributed by atoms with van der Waals surface area (Å²) >= 11 is 0. The van der Waals surface area contributed by atoms with Gasteiger partial charge >= 0.3 is 0 Å². The van der Waals surface area contributed by atoms with Crippen molar-refractivity contribution in [2.45, 2.75) is 0 Å². The lowest BCUT2D eigenvalue weighted by molar-refractivity contribution is 1.18. The highest BCUT2D eigenvalue weighted by Crippen LogP contribution is 2.48. The van der Waals surface area contributed by atoms with E-state index >= 15 is 0 Å². The van der Waals surface area contributed by atoms with Gasteiger partial charge in [0, 0.05) is 76.0 Å². The Kier molecular flexibility index (Phi) is 3.85. The van der Waals surface area contributed by atoms with Crippen molar-refractivity contribution in [3.05, 3.63) is 182 Å². The number of hydrogen-bond acceptors (Lipinski definition) is 0. The summed E-state index contributed by atoms with van der Waals surface area (Å²) in [4.78, 5) is 0. The zero-order chi connectivity index (χ0) is 46.1. The van der Waals surface area contributed by atoms with Crippen LogP contribution in [0.5, 0.6) is 0 Å². The van der Waals surface area contributed by atoms with Crippen LogP contribution in [0.15, 0.2) is 182 Å². The Labute approximate surface area is 343 Å². The molecule has 0 bridgehead atoms. The molecule has 0 atom stereocenters. The Morgan fingerprint density at radius 1 is 0.293 bits per heavy atom. The van der Waals surface area contributed by atoms with Crippen LogP contribution < -0.4 is 0 Å². The molecule has 266 valence electrons. The molecule has 0 fully saturated rings. The summed E-state index contributed by atoms with van der Waals surface area (Å²) < 4.78 is 95.3. The van der Waals surface area contributed by atoms with Gasteiger partial charge in [-0.25, -0.2) is 0 Å². The number of para-hydroxylation sites is 6. The van der Waals surface area contributed by atoms with Crippen molar-refractivity contribution in [2.24, 2.45) is 0 Å². The minimum absolute atomic E-state index is 0.102. The average Bonchev–Trinajstić information content (AvgIpc) is 4.19. The molecule has 4 nitrogen and oxygen atoms in total. The number of benzene rings is 9. The number of aromatic nitrogens is 4. The standard InChI is InChI=1S/C54H30N4/c1-3-13-31(14-4-1)55-45-24-10-8-18-39(45)51-46(55)26-25-38-34-19-11-21-36-41-27-40-35-20-12-22-37-43-29-47-42(33-17-7-9-23-44(33)56(47)32-15-5-2-6-16-32)28-48(43)57(52(35)37)49(40)30-50(41)58(53(34)36)54(38)51/h1-30H/i1D,2D,3D,4D,5D,6D,13D,14D,15D,16D. The van der Waals surface area contributed by atoms with E-state index in [1.54, 1.807) is 0 Å². The van der Waals surface area contributed by atoms with Gasteiger partial charge in [-0.3, -0.25) is 0 Å². The second kappa shape index (κ2) is 10.1. The van der Waals surface area contributed by atoms with Crippen LogP contribution >= 0.6 is 0 Å². The van der Waals surface area contributed by atoms with Gasteiger partial charge < -0.3 is 17.9 Å². The van der Waals surface area contributed by atoms with Crippen LogP contribution in [0.1, 0.15) is 13.7 Å². The van der Waals surface area contributed by atoms with Gasteiger partial charge in [0.05, 0.1) is 68.9 Å². The van der Waals surface area contributed by atoms with Gasteiger partial charge in [-0.15, -0.1) is 0 Å². The summed E-state index contributed by atoms with van der Waals surface area (Å²) in [5.74, 6) is 0. The van der Waals surface area contributed by atoms with Gasteiger partial charge in [0.2, 0.25) is 0 Å². The van der Waals surface area contributed by atoms with E-state index in [0.29, 0.717) is 0 Å². The topological polar surface area (TPSA) is 18.7 Å². The van der Waals surface area contributed by atoms with Gasteiger partial charge in [-0.1, -0.05) is 115 Å². The Morgan fingerprint density at radius 3 is 1.45 bits per heavy atom. The van der Waals surface area contributed by atoms with Crippen LogP contribution in [-0.4, -0.2) is 17.9 Å². The van der Waals surface area contributed by atoms with Gasteiger partial charge in [0.25, 0.3) is 0 Å². The third-order valence-electron chi connectivity index (χ3n) is 12.8. The van der Waals surface area contributed by atoms with Crippen molar-refractivity contribution in [2.75, 3.05) is 0 Å². The first-order valence-electron chi connectivity index (χ1n) is 24.3. The predicted molar refractivity (Wildman–Crippen MR) is 244 cm³/mol. The fourth-order valence-electron chi connectivity index (χ4n) is 10.6. The second-order valence-corrected chi connectivity index (χ2v) is 15.4. The lowest BCUT2D eigenvalue weighted by Crippen LogP contribution is -1.93. The molecule has 9 aromatic carbocycles. The number of fused-ring (bicyclic) bond motifs is 19. The molecule has 15 aromatic rings. The highest BCUT2D eigenvalue weighted by atomic mass is 15.0. The van der Waals surface area contributed by atoms with E-state index in [1.165, 1.54) is 0 Å². The molecule has 15 rings (SSSR count). The number of nitrogens with zero attached hydrogens (tertiary/aromatic N) is 4. The van der Waals surface area contributed by atoms with E-state index in [-0.39, 0.29) is 59.7 Å². The highest BCUT2D eigenvalue weighted by molar-refractivity contribution is 6.33. The quantitative estimate of drug-likeness (QED) is 0.168. The van der Waals surface area contributed by atoms with E-state index in [9.17, 15) is 0 Å². The van der Waals surface area contributed by atoms with Crippen LogP contribution in [0, 0.1) is 0 Å². The summed E-state index contributed by atoms with van der Waals surface area (Å²) in [5, 5.41) is 12.1. The third-order valence-corrected chi connectivity index (χ3v) is 12.8. The molecule has 0 radical (unpaired) electrons. The molecule has 0 spiro atoms. The molecule has 6 heterocycles. The summed E-state index contributed by atoms with van der Waals surface area (Å²) in [6, 6.07) is 38.0. The van der Waals surface area contributed by atoms with Crippen LogP contribution in [0.2, 0.25) is 0 Å². The first-order chi connectivity index (χ1) is 33.0. The van der Waals surface area contributed by atoms with Gasteiger partial charge in [-0.2, -0.15) is 0 Å². The molecule has 0 aliphatic heterocycles. The molecule has 0 N–H and O–H groups in total. The average molecular weight is 745 g/mol. The zero-order valence-corrected chi connectivity index (χ0v) is 30.3. The van der Waals surface area contributed by atoms with Crippen molar-refractivity contribution in [3.63, 3.8) is 0 Å². The smallest absolute Gasteiger partial charge is 0.0645 e. The molecule has 4 heteroatoms. The van der Waals surface area contributed by atoms with Crippen LogP contribution in [0.4, 0.5) is 0 Å². The van der Waals surface area contributed by atoms with Crippen molar-refractivity contribution in [3.8, 4) is 11.4 Å². The van der Waals surface area contributed by atoms with Crippen molar-refractivity contribution in [1.29, 1.82) is 0 Å². The first kappa shape index (κ1) is 22.1. The first-order valence-corrected chi connectivity index (χ1v) is 19.3. The Morgan fingerprint density at radius 2 is 0.759 bits per heavy atom. The zero-order valence-electron chi connectivity index (χ0n) is 40.3. The highest BCUT2D eigenvalue weighted by Gasteiger charge is 2.25. The molecular formula is C54H30N4. The molecule has 6 aromatic heterocycles. The van der Waals surface area contributed by atoms with Crippen molar-refractivity contribution < 1.29 is 13.7 Å². The molecule has 0 unspecified atom stereocenters. The number of rotatable bonds is 2. The largest absolute Gasteiger partial charge is 0.309 e. The molecule has 0 saturated carbocycles. The number of hydrogen-bond donors (Lipinski definition) is 0. The SMILES string of the molecule is [2H]c1c([2H])c([2H])c(-n2c3ccccc3c3cc4c(cc32)c2cccc3c5cc6c7cccc8c9ccc%10c(c%11ccccc%11n%10-c%10c([2H])c([2H])c([2H])c([2H])c%10[2H])c9n(c6cc5n4c23)c78)c([2H])c1[2H]. The summed E-state index contributed by atoms with van der Waals surface area (Å²) in [5.41, 5.74) is 9.22. The van der Waals surface area contributed by atoms with E-state index in [2.05, 4.69) is 75.5 Å². The van der Waals surface area contributed by atoms with Crippen LogP contribution in [0.25, 0.3) is 131 Å². The van der Waals surface area contributed by atoms with E-state index in [0.717, 1.165) is 120 Å². The fourth-order valence-corrected chi connectivity index (χ4v) is 10.6. The lowest BCUT2D eigenvalue weighted by atomic mass is 10.0. The van der Waals surface area contributed by atoms with E-state index < -0.39 is 12.1 Å². The molecule has 0 amide bonds. The molecule has 0 aliphatic rings. The van der Waals surface area contributed by atoms with Crippen molar-refractivity contribution >= 4 is 120 Å². The van der Waals surface area contributed by atoms with E-state index in [1.807, 2.05) is 63.7 Å². The van der Waals surface area contributed by atoms with Gasteiger partial charge in [0.1, 0.15) is 0 Å². The monoisotopic (exact) mass is 744 g/mol. The minimum Gasteiger partial charge on any atom is -0.309 e.